The number of nitrogens with one attached hydrogen (secondary N) is 2. The van der Waals surface area contributed by atoms with Gasteiger partial charge < -0.3 is 19.9 Å². The highest BCUT2D eigenvalue weighted by molar-refractivity contribution is 6.10. The summed E-state index contributed by atoms with van der Waals surface area (Å²) in [5.41, 5.74) is 3.14. The normalized spacial score (nSPS) is 11.2. The van der Waals surface area contributed by atoms with Crippen LogP contribution < -0.4 is 10.6 Å². The number of amides is 2. The molecule has 0 atom stereocenters. The number of carbonyl (C=O) groups excluding carboxylic acids is 2. The maximum Gasteiger partial charge on any atom is 0.266 e. The molecule has 0 aliphatic carbocycles. The highest BCUT2D eigenvalue weighted by Crippen LogP contribution is 2.24. The average molecular weight is 416 g/mol. The van der Waals surface area contributed by atoms with E-state index in [1.807, 2.05) is 55.5 Å². The first kappa shape index (κ1) is 21.8. The van der Waals surface area contributed by atoms with Gasteiger partial charge >= 0.3 is 0 Å². The summed E-state index contributed by atoms with van der Waals surface area (Å²) in [5.74, 6) is -0.631. The highest BCUT2D eigenvalue weighted by Gasteiger charge is 2.14. The Bertz CT molecular complexity index is 1170. The molecule has 2 aromatic carbocycles. The van der Waals surface area contributed by atoms with E-state index < -0.39 is 5.91 Å². The van der Waals surface area contributed by atoms with Crippen molar-refractivity contribution in [3.63, 3.8) is 0 Å². The van der Waals surface area contributed by atoms with E-state index in [0.29, 0.717) is 24.4 Å². The van der Waals surface area contributed by atoms with E-state index in [4.69, 9.17) is 4.74 Å². The zero-order valence-corrected chi connectivity index (χ0v) is 17.5. The van der Waals surface area contributed by atoms with Gasteiger partial charge in [0.05, 0.1) is 6.61 Å². The summed E-state index contributed by atoms with van der Waals surface area (Å²) in [6, 6.07) is 16.9. The molecule has 3 rings (SSSR count). The summed E-state index contributed by atoms with van der Waals surface area (Å²) < 4.78 is 6.75. The summed E-state index contributed by atoms with van der Waals surface area (Å²) in [6.07, 6.45) is 3.32. The molecule has 2 N–H and O–H groups in total. The average Bonchev–Trinajstić information content (AvgIpc) is 3.09. The predicted molar refractivity (Wildman–Crippen MR) is 120 cm³/mol. The van der Waals surface area contributed by atoms with E-state index in [2.05, 4.69) is 10.6 Å². The highest BCUT2D eigenvalue weighted by atomic mass is 16.5. The molecule has 1 aromatic heterocycles. The first-order valence-electron chi connectivity index (χ1n) is 9.85. The number of hydrogen-bond acceptors (Lipinski definition) is 4. The minimum atomic E-state index is -0.484. The first-order valence-corrected chi connectivity index (χ1v) is 9.85. The Balaban J connectivity index is 1.87. The van der Waals surface area contributed by atoms with Gasteiger partial charge in [0.1, 0.15) is 18.2 Å². The van der Waals surface area contributed by atoms with Crippen LogP contribution in [0.1, 0.15) is 11.1 Å². The molecule has 7 heteroatoms. The van der Waals surface area contributed by atoms with Crippen LogP contribution in [-0.2, 0) is 20.9 Å². The van der Waals surface area contributed by atoms with Crippen LogP contribution in [0.15, 0.2) is 60.3 Å². The molecule has 7 nitrogen and oxygen atoms in total. The lowest BCUT2D eigenvalue weighted by Gasteiger charge is -2.06. The van der Waals surface area contributed by atoms with E-state index in [9.17, 15) is 14.9 Å². The van der Waals surface area contributed by atoms with Crippen molar-refractivity contribution in [2.24, 2.45) is 0 Å². The molecule has 1 heterocycles. The standard InChI is InChI=1S/C24H24N4O3/c1-17-6-5-7-20(12-17)27-24(30)18(14-25)13-19-15-28(16-23(29)26-10-11-31-2)22-9-4-3-8-21(19)22/h3-9,12-13,15H,10-11,16H2,1-2H3,(H,26,29)(H,27,30)/b18-13+. The Kier molecular flexibility index (Phi) is 7.20. The van der Waals surface area contributed by atoms with Crippen LogP contribution in [0.3, 0.4) is 0 Å². The number of ether oxygens (including phenoxy) is 1. The number of para-hydroxylation sites is 1. The van der Waals surface area contributed by atoms with Crippen LogP contribution in [0.4, 0.5) is 5.69 Å². The second-order valence-electron chi connectivity index (χ2n) is 7.07. The van der Waals surface area contributed by atoms with Gasteiger partial charge in [0.15, 0.2) is 0 Å². The lowest BCUT2D eigenvalue weighted by atomic mass is 10.1. The van der Waals surface area contributed by atoms with Crippen molar-refractivity contribution < 1.29 is 14.3 Å². The number of benzene rings is 2. The van der Waals surface area contributed by atoms with E-state index >= 15 is 0 Å². The molecule has 0 aliphatic heterocycles. The number of aryl methyl sites for hydroxylation is 1. The van der Waals surface area contributed by atoms with Crippen LogP contribution >= 0.6 is 0 Å². The van der Waals surface area contributed by atoms with Crippen LogP contribution in [0.5, 0.6) is 0 Å². The molecular weight excluding hydrogens is 392 g/mol. The number of fused-ring (bicyclic) bond motifs is 1. The molecule has 158 valence electrons. The Morgan fingerprint density at radius 3 is 2.74 bits per heavy atom. The molecule has 2 amide bonds. The van der Waals surface area contributed by atoms with Crippen molar-refractivity contribution >= 4 is 34.5 Å². The SMILES string of the molecule is COCCNC(=O)Cn1cc(/C=C(\C#N)C(=O)Nc2cccc(C)c2)c2ccccc21. The first-order chi connectivity index (χ1) is 15.0. The third kappa shape index (κ3) is 5.59. The maximum atomic E-state index is 12.6. The Hall–Kier alpha value is -3.89. The molecule has 0 radical (unpaired) electrons. The predicted octanol–water partition coefficient (Wildman–Crippen LogP) is 3.26. The second-order valence-corrected chi connectivity index (χ2v) is 7.07. The maximum absolute atomic E-state index is 12.6. The fourth-order valence-corrected chi connectivity index (χ4v) is 3.25. The third-order valence-electron chi connectivity index (χ3n) is 4.70. The topological polar surface area (TPSA) is 96.2 Å². The van der Waals surface area contributed by atoms with Gasteiger partial charge in [-0.3, -0.25) is 9.59 Å². The van der Waals surface area contributed by atoms with Gasteiger partial charge in [-0.1, -0.05) is 30.3 Å². The van der Waals surface area contributed by atoms with Gasteiger partial charge in [-0.05, 0) is 36.8 Å². The minimum absolute atomic E-state index is 0.0195. The summed E-state index contributed by atoms with van der Waals surface area (Å²) in [4.78, 5) is 24.9. The van der Waals surface area contributed by atoms with Gasteiger partial charge in [-0.2, -0.15) is 5.26 Å². The quantitative estimate of drug-likeness (QED) is 0.335. The summed E-state index contributed by atoms with van der Waals surface area (Å²) >= 11 is 0. The van der Waals surface area contributed by atoms with Crippen LogP contribution in [0, 0.1) is 18.3 Å². The number of aromatic nitrogens is 1. The van der Waals surface area contributed by atoms with Gasteiger partial charge in [0.2, 0.25) is 5.91 Å². The fraction of sp³-hybridized carbons (Fsp3) is 0.208. The smallest absolute Gasteiger partial charge is 0.266 e. The fourth-order valence-electron chi connectivity index (χ4n) is 3.25. The number of nitrogens with zero attached hydrogens (tertiary/aromatic N) is 2. The molecule has 0 aliphatic rings. The molecule has 0 fully saturated rings. The van der Waals surface area contributed by atoms with Crippen molar-refractivity contribution in [3.8, 4) is 6.07 Å². The minimum Gasteiger partial charge on any atom is -0.383 e. The van der Waals surface area contributed by atoms with E-state index in [1.165, 1.54) is 0 Å². The number of nitriles is 1. The largest absolute Gasteiger partial charge is 0.383 e. The lowest BCUT2D eigenvalue weighted by Crippen LogP contribution is -2.30. The van der Waals surface area contributed by atoms with Crippen molar-refractivity contribution in [1.82, 2.24) is 9.88 Å². The molecule has 0 spiro atoms. The van der Waals surface area contributed by atoms with Crippen LogP contribution in [-0.4, -0.2) is 36.6 Å². The number of carbonyl (C=O) groups is 2. The molecule has 0 bridgehead atoms. The van der Waals surface area contributed by atoms with Gasteiger partial charge in [0, 0.05) is 42.0 Å². The summed E-state index contributed by atoms with van der Waals surface area (Å²) in [5, 5.41) is 16.0. The van der Waals surface area contributed by atoms with E-state index in [-0.39, 0.29) is 18.0 Å². The monoisotopic (exact) mass is 416 g/mol. The Morgan fingerprint density at radius 1 is 1.19 bits per heavy atom. The third-order valence-corrected chi connectivity index (χ3v) is 4.70. The summed E-state index contributed by atoms with van der Waals surface area (Å²) in [6.45, 7) is 2.92. The van der Waals surface area contributed by atoms with E-state index in [0.717, 1.165) is 16.5 Å². The molecule has 0 unspecified atom stereocenters. The van der Waals surface area contributed by atoms with Crippen LogP contribution in [0.2, 0.25) is 0 Å². The van der Waals surface area contributed by atoms with Crippen LogP contribution in [0.25, 0.3) is 17.0 Å². The molecular formula is C24H24N4O3. The molecule has 0 saturated carbocycles. The number of rotatable bonds is 8. The number of hydrogen-bond donors (Lipinski definition) is 2. The van der Waals surface area contributed by atoms with Crippen molar-refractivity contribution in [3.05, 3.63) is 71.4 Å². The number of anilines is 1. The number of methoxy groups -OCH3 is 1. The zero-order valence-electron chi connectivity index (χ0n) is 17.5. The Morgan fingerprint density at radius 2 is 2.00 bits per heavy atom. The Labute approximate surface area is 180 Å². The van der Waals surface area contributed by atoms with Crippen molar-refractivity contribution in [1.29, 1.82) is 5.26 Å². The van der Waals surface area contributed by atoms with Crippen molar-refractivity contribution in [2.75, 3.05) is 25.6 Å². The van der Waals surface area contributed by atoms with Gasteiger partial charge in [-0.25, -0.2) is 0 Å². The zero-order chi connectivity index (χ0) is 22.2. The van der Waals surface area contributed by atoms with E-state index in [1.54, 1.807) is 30.0 Å². The molecule has 3 aromatic rings. The van der Waals surface area contributed by atoms with Gasteiger partial charge in [-0.15, -0.1) is 0 Å². The van der Waals surface area contributed by atoms with Gasteiger partial charge in [0.25, 0.3) is 5.91 Å². The summed E-state index contributed by atoms with van der Waals surface area (Å²) in [7, 11) is 1.58. The van der Waals surface area contributed by atoms with Crippen molar-refractivity contribution in [2.45, 2.75) is 13.5 Å². The lowest BCUT2D eigenvalue weighted by molar-refractivity contribution is -0.121. The molecule has 31 heavy (non-hydrogen) atoms. The second kappa shape index (κ2) is 10.2. The molecule has 0 saturated heterocycles.